The van der Waals surface area contributed by atoms with E-state index in [4.69, 9.17) is 11.6 Å². The highest BCUT2D eigenvalue weighted by Crippen LogP contribution is 2.25. The van der Waals surface area contributed by atoms with Gasteiger partial charge in [-0.05, 0) is 6.42 Å². The predicted molar refractivity (Wildman–Crippen MR) is 73.4 cm³/mol. The fourth-order valence-corrected chi connectivity index (χ4v) is 2.15. The third-order valence-electron chi connectivity index (χ3n) is 3.31. The van der Waals surface area contributed by atoms with E-state index in [0.717, 1.165) is 24.6 Å². The molecule has 2 rings (SSSR count). The Kier molecular flexibility index (Phi) is 3.84. The lowest BCUT2D eigenvalue weighted by atomic mass is 10.1. The third-order valence-corrected chi connectivity index (χ3v) is 3.31. The molecule has 7 heteroatoms. The molecule has 0 saturated carbocycles. The Morgan fingerprint density at radius 3 is 2.79 bits per heavy atom. The van der Waals surface area contributed by atoms with Gasteiger partial charge in [-0.1, -0.05) is 13.8 Å². The van der Waals surface area contributed by atoms with Crippen LogP contribution in [0.1, 0.15) is 32.0 Å². The van der Waals surface area contributed by atoms with Gasteiger partial charge < -0.3 is 16.1 Å². The Balaban J connectivity index is 2.25. The summed E-state index contributed by atoms with van der Waals surface area (Å²) >= 11 is 0. The first-order valence-electron chi connectivity index (χ1n) is 6.41. The Morgan fingerprint density at radius 1 is 1.53 bits per heavy atom. The molecule has 5 N–H and O–H groups in total. The molecule has 1 fully saturated rings. The number of rotatable bonds is 4. The molecule has 1 unspecified atom stereocenters. The van der Waals surface area contributed by atoms with Crippen molar-refractivity contribution in [3.05, 3.63) is 11.9 Å². The molecule has 0 radical (unpaired) electrons. The zero-order chi connectivity index (χ0) is 14.0. The number of carbonyl (C=O) groups is 1. The molecule has 1 aliphatic rings. The molecule has 7 nitrogen and oxygen atoms in total. The monoisotopic (exact) mass is 264 g/mol. The summed E-state index contributed by atoms with van der Waals surface area (Å²) < 4.78 is 0. The zero-order valence-electron chi connectivity index (χ0n) is 11.3. The number of primary amides is 1. The Bertz CT molecular complexity index is 475. The molecule has 19 heavy (non-hydrogen) atoms. The Morgan fingerprint density at radius 2 is 2.26 bits per heavy atom. The van der Waals surface area contributed by atoms with Crippen LogP contribution in [0.15, 0.2) is 6.07 Å². The number of nitrogens with zero attached hydrogens (tertiary/aromatic N) is 3. The van der Waals surface area contributed by atoms with Gasteiger partial charge in [-0.25, -0.2) is 15.8 Å². The van der Waals surface area contributed by atoms with E-state index in [1.165, 1.54) is 0 Å². The molecule has 1 aromatic heterocycles. The number of hydrogen-bond acceptors (Lipinski definition) is 6. The summed E-state index contributed by atoms with van der Waals surface area (Å²) in [5, 5.41) is 0. The molecule has 104 valence electrons. The van der Waals surface area contributed by atoms with E-state index in [0.29, 0.717) is 12.4 Å². The maximum Gasteiger partial charge on any atom is 0.222 e. The van der Waals surface area contributed by atoms with Crippen molar-refractivity contribution < 1.29 is 4.79 Å². The van der Waals surface area contributed by atoms with Crippen LogP contribution in [-0.2, 0) is 4.79 Å². The highest BCUT2D eigenvalue weighted by molar-refractivity contribution is 5.78. The predicted octanol–water partition coefficient (Wildman–Crippen LogP) is 0.197. The molecule has 2 heterocycles. The van der Waals surface area contributed by atoms with Gasteiger partial charge in [-0.2, -0.15) is 0 Å². The Hall–Kier alpha value is -1.89. The SMILES string of the molecule is CC(C)c1nc(NN)cc(N2CCC(C(N)=O)C2)n1. The number of aromatic nitrogens is 2. The summed E-state index contributed by atoms with van der Waals surface area (Å²) in [5.74, 6) is 7.38. The minimum atomic E-state index is -0.252. The number of hydrazine groups is 1. The van der Waals surface area contributed by atoms with Crippen LogP contribution in [0, 0.1) is 5.92 Å². The van der Waals surface area contributed by atoms with Crippen molar-refractivity contribution in [2.75, 3.05) is 23.4 Å². The molecule has 0 spiro atoms. The number of anilines is 2. The van der Waals surface area contributed by atoms with Crippen LogP contribution in [-0.4, -0.2) is 29.0 Å². The first-order valence-corrected chi connectivity index (χ1v) is 6.41. The highest BCUT2D eigenvalue weighted by atomic mass is 16.1. The van der Waals surface area contributed by atoms with Crippen LogP contribution >= 0.6 is 0 Å². The second-order valence-corrected chi connectivity index (χ2v) is 5.10. The second-order valence-electron chi connectivity index (χ2n) is 5.10. The van der Waals surface area contributed by atoms with Crippen LogP contribution in [0.3, 0.4) is 0 Å². The van der Waals surface area contributed by atoms with Gasteiger partial charge in [0, 0.05) is 25.1 Å². The van der Waals surface area contributed by atoms with Gasteiger partial charge in [0.25, 0.3) is 0 Å². The average molecular weight is 264 g/mol. The van der Waals surface area contributed by atoms with E-state index in [9.17, 15) is 4.79 Å². The first kappa shape index (κ1) is 13.5. The summed E-state index contributed by atoms with van der Waals surface area (Å²) in [5.41, 5.74) is 7.89. The summed E-state index contributed by atoms with van der Waals surface area (Å²) in [7, 11) is 0. The van der Waals surface area contributed by atoms with Gasteiger partial charge in [0.05, 0.1) is 5.92 Å². The number of carbonyl (C=O) groups excluding carboxylic acids is 1. The maximum absolute atomic E-state index is 11.2. The molecule has 1 atom stereocenters. The molecular formula is C12H20N6O. The van der Waals surface area contributed by atoms with Crippen LogP contribution in [0.25, 0.3) is 0 Å². The van der Waals surface area contributed by atoms with Gasteiger partial charge in [0.1, 0.15) is 17.5 Å². The number of amides is 1. The number of nitrogen functional groups attached to an aromatic ring is 1. The van der Waals surface area contributed by atoms with Gasteiger partial charge in [-0.15, -0.1) is 0 Å². The van der Waals surface area contributed by atoms with E-state index < -0.39 is 0 Å². The lowest BCUT2D eigenvalue weighted by molar-refractivity contribution is -0.121. The smallest absolute Gasteiger partial charge is 0.222 e. The van der Waals surface area contributed by atoms with Crippen molar-refractivity contribution in [3.63, 3.8) is 0 Å². The van der Waals surface area contributed by atoms with E-state index in [1.807, 2.05) is 18.7 Å². The van der Waals surface area contributed by atoms with Gasteiger partial charge >= 0.3 is 0 Å². The molecule has 0 aliphatic carbocycles. The third kappa shape index (κ3) is 2.93. The van der Waals surface area contributed by atoms with E-state index >= 15 is 0 Å². The van der Waals surface area contributed by atoms with Crippen LogP contribution in [0.2, 0.25) is 0 Å². The van der Waals surface area contributed by atoms with Crippen molar-refractivity contribution in [2.45, 2.75) is 26.2 Å². The lowest BCUT2D eigenvalue weighted by Crippen LogP contribution is -2.28. The molecule has 1 saturated heterocycles. The normalized spacial score (nSPS) is 18.9. The summed E-state index contributed by atoms with van der Waals surface area (Å²) in [4.78, 5) is 22.1. The minimum Gasteiger partial charge on any atom is -0.369 e. The standard InChI is InChI=1S/C12H20N6O/c1-7(2)12-15-9(17-14)5-10(16-12)18-4-3-8(6-18)11(13)19/h5,7-8H,3-4,6,14H2,1-2H3,(H2,13,19)(H,15,16,17). The van der Waals surface area contributed by atoms with Crippen molar-refractivity contribution in [3.8, 4) is 0 Å². The van der Waals surface area contributed by atoms with E-state index in [2.05, 4.69) is 15.4 Å². The zero-order valence-corrected chi connectivity index (χ0v) is 11.3. The molecule has 0 aromatic carbocycles. The highest BCUT2D eigenvalue weighted by Gasteiger charge is 2.28. The first-order chi connectivity index (χ1) is 9.01. The molecular weight excluding hydrogens is 244 g/mol. The average Bonchev–Trinajstić information content (AvgIpc) is 2.87. The number of hydrogen-bond donors (Lipinski definition) is 3. The van der Waals surface area contributed by atoms with E-state index in [-0.39, 0.29) is 17.7 Å². The van der Waals surface area contributed by atoms with Crippen molar-refractivity contribution in [1.29, 1.82) is 0 Å². The summed E-state index contributed by atoms with van der Waals surface area (Å²) in [6, 6.07) is 1.79. The molecule has 1 amide bonds. The van der Waals surface area contributed by atoms with Gasteiger partial charge in [0.2, 0.25) is 5.91 Å². The quantitative estimate of drug-likeness (QED) is 0.529. The van der Waals surface area contributed by atoms with Gasteiger partial charge in [-0.3, -0.25) is 4.79 Å². The van der Waals surface area contributed by atoms with Crippen LogP contribution in [0.4, 0.5) is 11.6 Å². The fourth-order valence-electron chi connectivity index (χ4n) is 2.15. The van der Waals surface area contributed by atoms with Crippen LogP contribution < -0.4 is 21.9 Å². The molecule has 1 aromatic rings. The topological polar surface area (TPSA) is 110 Å². The van der Waals surface area contributed by atoms with Crippen molar-refractivity contribution >= 4 is 17.5 Å². The Labute approximate surface area is 112 Å². The fraction of sp³-hybridized carbons (Fsp3) is 0.583. The molecule has 1 aliphatic heterocycles. The van der Waals surface area contributed by atoms with Crippen LogP contribution in [0.5, 0.6) is 0 Å². The lowest BCUT2D eigenvalue weighted by Gasteiger charge is -2.19. The van der Waals surface area contributed by atoms with Crippen molar-refractivity contribution in [1.82, 2.24) is 9.97 Å². The van der Waals surface area contributed by atoms with Crippen molar-refractivity contribution in [2.24, 2.45) is 17.5 Å². The van der Waals surface area contributed by atoms with E-state index in [1.54, 1.807) is 6.07 Å². The largest absolute Gasteiger partial charge is 0.369 e. The summed E-state index contributed by atoms with van der Waals surface area (Å²) in [6.45, 7) is 5.42. The number of nitrogens with two attached hydrogens (primary N) is 2. The summed E-state index contributed by atoms with van der Waals surface area (Å²) in [6.07, 6.45) is 0.766. The second kappa shape index (κ2) is 5.40. The molecule has 0 bridgehead atoms. The minimum absolute atomic E-state index is 0.105. The van der Waals surface area contributed by atoms with Gasteiger partial charge in [0.15, 0.2) is 0 Å². The number of nitrogens with one attached hydrogen (secondary N) is 1. The maximum atomic E-state index is 11.2.